The highest BCUT2D eigenvalue weighted by molar-refractivity contribution is 6.12. The molecule has 2 atom stereocenters. The number of piperazine rings is 1. The smallest absolute Gasteiger partial charge is 0.260 e. The van der Waals surface area contributed by atoms with E-state index in [-0.39, 0.29) is 17.7 Å². The maximum Gasteiger partial charge on any atom is 0.260 e. The number of benzene rings is 1. The average molecular weight is 448 g/mol. The summed E-state index contributed by atoms with van der Waals surface area (Å²) in [5.41, 5.74) is 3.67. The number of methoxy groups -OCH3 is 1. The second-order valence-electron chi connectivity index (χ2n) is 8.31. The predicted octanol–water partition coefficient (Wildman–Crippen LogP) is 1.75. The summed E-state index contributed by atoms with van der Waals surface area (Å²) in [5.74, 6) is 0.0421. The molecule has 4 aromatic rings. The Kier molecular flexibility index (Phi) is 5.25. The molecule has 170 valence electrons. The fraction of sp³-hybridized carbons (Fsp3) is 0.364. The van der Waals surface area contributed by atoms with E-state index in [4.69, 9.17) is 4.74 Å². The maximum atomic E-state index is 13.2. The Labute approximate surface area is 190 Å². The first-order valence-electron chi connectivity index (χ1n) is 10.7. The minimum absolute atomic E-state index is 0.128. The number of nitrogens with one attached hydrogen (secondary N) is 2. The van der Waals surface area contributed by atoms with Crippen LogP contribution in [-0.4, -0.2) is 67.9 Å². The lowest BCUT2D eigenvalue weighted by molar-refractivity contribution is 0.102. The number of amides is 1. The summed E-state index contributed by atoms with van der Waals surface area (Å²) in [7, 11) is 3.29. The van der Waals surface area contributed by atoms with Gasteiger partial charge in [0.15, 0.2) is 5.52 Å². The zero-order valence-electron chi connectivity index (χ0n) is 18.9. The molecule has 1 aliphatic rings. The van der Waals surface area contributed by atoms with E-state index in [1.807, 2.05) is 6.07 Å². The third-order valence-corrected chi connectivity index (χ3v) is 5.61. The van der Waals surface area contributed by atoms with Gasteiger partial charge in [0.05, 0.1) is 24.6 Å². The van der Waals surface area contributed by atoms with E-state index in [1.165, 1.54) is 7.11 Å². The zero-order valence-corrected chi connectivity index (χ0v) is 18.9. The monoisotopic (exact) mass is 447 g/mol. The number of anilines is 2. The van der Waals surface area contributed by atoms with Crippen molar-refractivity contribution in [3.05, 3.63) is 36.3 Å². The molecule has 0 spiro atoms. The standard InChI is InChI=1S/C22H25N9O2/c1-12-9-31(10-13(2)25-12)16-6-5-14(17-19(16)24-8-7-23-17)20(32)27-22-26-15-11-30(3)29-18(15)21(28-22)33-4/h5-8,11-13,25H,9-10H2,1-4H3,(H,26,27,32)/t12-,13-/m0/s1. The molecule has 2 N–H and O–H groups in total. The highest BCUT2D eigenvalue weighted by atomic mass is 16.5. The van der Waals surface area contributed by atoms with Gasteiger partial charge in [0, 0.05) is 44.6 Å². The summed E-state index contributed by atoms with van der Waals surface area (Å²) in [6.07, 6.45) is 4.97. The van der Waals surface area contributed by atoms with Crippen LogP contribution in [0.4, 0.5) is 11.6 Å². The lowest BCUT2D eigenvalue weighted by Gasteiger charge is -2.38. The predicted molar refractivity (Wildman–Crippen MR) is 125 cm³/mol. The molecule has 5 rings (SSSR count). The van der Waals surface area contributed by atoms with Gasteiger partial charge in [0.25, 0.3) is 5.91 Å². The van der Waals surface area contributed by atoms with Crippen LogP contribution in [0.5, 0.6) is 5.88 Å². The summed E-state index contributed by atoms with van der Waals surface area (Å²) >= 11 is 0. The topological polar surface area (TPSA) is 123 Å². The Bertz CT molecular complexity index is 1340. The minimum Gasteiger partial charge on any atom is -0.479 e. The normalized spacial score (nSPS) is 18.6. The number of ether oxygens (including phenoxy) is 1. The van der Waals surface area contributed by atoms with E-state index in [2.05, 4.69) is 54.4 Å². The minimum atomic E-state index is -0.376. The number of aromatic nitrogens is 6. The number of fused-ring (bicyclic) bond motifs is 2. The summed E-state index contributed by atoms with van der Waals surface area (Å²) in [6.45, 7) is 6.01. The Morgan fingerprint density at radius 3 is 2.55 bits per heavy atom. The van der Waals surface area contributed by atoms with Crippen LogP contribution in [-0.2, 0) is 7.05 Å². The van der Waals surface area contributed by atoms with Crippen molar-refractivity contribution >= 4 is 39.6 Å². The number of hydrogen-bond acceptors (Lipinski definition) is 9. The first-order valence-corrected chi connectivity index (χ1v) is 10.7. The van der Waals surface area contributed by atoms with Gasteiger partial charge in [0.1, 0.15) is 16.6 Å². The number of rotatable bonds is 4. The van der Waals surface area contributed by atoms with Gasteiger partial charge in [-0.3, -0.25) is 24.8 Å². The third-order valence-electron chi connectivity index (χ3n) is 5.61. The number of hydrogen-bond donors (Lipinski definition) is 2. The van der Waals surface area contributed by atoms with Crippen LogP contribution in [0.3, 0.4) is 0 Å². The Morgan fingerprint density at radius 2 is 1.82 bits per heavy atom. The van der Waals surface area contributed by atoms with Crippen LogP contribution in [0.15, 0.2) is 30.7 Å². The molecule has 3 aromatic heterocycles. The van der Waals surface area contributed by atoms with E-state index in [0.717, 1.165) is 18.8 Å². The highest BCUT2D eigenvalue weighted by Gasteiger charge is 2.25. The quantitative estimate of drug-likeness (QED) is 0.482. The van der Waals surface area contributed by atoms with Gasteiger partial charge in [-0.05, 0) is 26.0 Å². The van der Waals surface area contributed by atoms with E-state index < -0.39 is 0 Å². The van der Waals surface area contributed by atoms with Crippen molar-refractivity contribution in [3.8, 4) is 5.88 Å². The molecule has 1 fully saturated rings. The highest BCUT2D eigenvalue weighted by Crippen LogP contribution is 2.29. The maximum absolute atomic E-state index is 13.2. The zero-order chi connectivity index (χ0) is 23.1. The summed E-state index contributed by atoms with van der Waals surface area (Å²) in [5, 5.41) is 10.6. The summed E-state index contributed by atoms with van der Waals surface area (Å²) in [4.78, 5) is 33.2. The van der Waals surface area contributed by atoms with Crippen molar-refractivity contribution in [3.63, 3.8) is 0 Å². The lowest BCUT2D eigenvalue weighted by Crippen LogP contribution is -2.54. The van der Waals surface area contributed by atoms with Crippen LogP contribution >= 0.6 is 0 Å². The second kappa shape index (κ2) is 8.24. The van der Waals surface area contributed by atoms with Crippen LogP contribution < -0.4 is 20.3 Å². The van der Waals surface area contributed by atoms with Crippen molar-refractivity contribution in [1.82, 2.24) is 35.0 Å². The molecule has 11 nitrogen and oxygen atoms in total. The van der Waals surface area contributed by atoms with Gasteiger partial charge >= 0.3 is 0 Å². The number of aryl methyl sites for hydroxylation is 1. The first-order chi connectivity index (χ1) is 15.9. The summed E-state index contributed by atoms with van der Waals surface area (Å²) < 4.78 is 6.95. The molecule has 1 saturated heterocycles. The largest absolute Gasteiger partial charge is 0.479 e. The molecular formula is C22H25N9O2. The van der Waals surface area contributed by atoms with Gasteiger partial charge in [-0.25, -0.2) is 4.98 Å². The van der Waals surface area contributed by atoms with Crippen molar-refractivity contribution in [1.29, 1.82) is 0 Å². The fourth-order valence-electron chi connectivity index (χ4n) is 4.37. The number of nitrogens with zero attached hydrogens (tertiary/aromatic N) is 7. The van der Waals surface area contributed by atoms with Crippen LogP contribution in [0, 0.1) is 0 Å². The molecule has 0 bridgehead atoms. The molecule has 1 aliphatic heterocycles. The van der Waals surface area contributed by atoms with Crippen LogP contribution in [0.25, 0.3) is 22.1 Å². The van der Waals surface area contributed by atoms with Gasteiger partial charge in [-0.15, -0.1) is 0 Å². The average Bonchev–Trinajstić information content (AvgIpc) is 3.17. The molecule has 0 aliphatic carbocycles. The Hall–Kier alpha value is -3.86. The lowest BCUT2D eigenvalue weighted by atomic mass is 10.1. The van der Waals surface area contributed by atoms with Crippen molar-refractivity contribution in [2.45, 2.75) is 25.9 Å². The van der Waals surface area contributed by atoms with Crippen LogP contribution in [0.1, 0.15) is 24.2 Å². The number of carbonyl (C=O) groups is 1. The SMILES string of the molecule is COc1nc(NC(=O)c2ccc(N3C[C@H](C)N[C@@H](C)C3)c3nccnc23)nc2cn(C)nc12. The van der Waals surface area contributed by atoms with Gasteiger partial charge < -0.3 is 15.0 Å². The first kappa shape index (κ1) is 21.0. The van der Waals surface area contributed by atoms with Crippen molar-refractivity contribution in [2.24, 2.45) is 7.05 Å². The van der Waals surface area contributed by atoms with E-state index >= 15 is 0 Å². The molecule has 0 saturated carbocycles. The van der Waals surface area contributed by atoms with Gasteiger partial charge in [0.2, 0.25) is 11.8 Å². The molecular weight excluding hydrogens is 422 g/mol. The van der Waals surface area contributed by atoms with E-state index in [1.54, 1.807) is 36.4 Å². The third kappa shape index (κ3) is 3.91. The molecule has 33 heavy (non-hydrogen) atoms. The van der Waals surface area contributed by atoms with E-state index in [9.17, 15) is 4.79 Å². The van der Waals surface area contributed by atoms with Gasteiger partial charge in [-0.1, -0.05) is 0 Å². The molecule has 0 radical (unpaired) electrons. The number of carbonyl (C=O) groups excluding carboxylic acids is 1. The molecule has 1 amide bonds. The van der Waals surface area contributed by atoms with Crippen LogP contribution in [0.2, 0.25) is 0 Å². The van der Waals surface area contributed by atoms with Crippen molar-refractivity contribution in [2.75, 3.05) is 30.4 Å². The molecule has 1 aromatic carbocycles. The summed E-state index contributed by atoms with van der Waals surface area (Å²) in [6, 6.07) is 4.40. The molecule has 11 heteroatoms. The van der Waals surface area contributed by atoms with Gasteiger partial charge in [-0.2, -0.15) is 10.1 Å². The Balaban J connectivity index is 1.50. The van der Waals surface area contributed by atoms with Crippen molar-refractivity contribution < 1.29 is 9.53 Å². The Morgan fingerprint density at radius 1 is 1.09 bits per heavy atom. The fourth-order valence-corrected chi connectivity index (χ4v) is 4.37. The second-order valence-corrected chi connectivity index (χ2v) is 8.31. The molecule has 4 heterocycles. The van der Waals surface area contributed by atoms with E-state index in [0.29, 0.717) is 39.7 Å². The molecule has 0 unspecified atom stereocenters.